The molecular weight excluding hydrogens is 496 g/mol. The van der Waals surface area contributed by atoms with Gasteiger partial charge in [-0.2, -0.15) is 0 Å². The van der Waals surface area contributed by atoms with Gasteiger partial charge >= 0.3 is 0 Å². The second kappa shape index (κ2) is 10.6. The van der Waals surface area contributed by atoms with Gasteiger partial charge in [0.25, 0.3) is 11.8 Å². The summed E-state index contributed by atoms with van der Waals surface area (Å²) < 4.78 is 0.767. The number of halogens is 1. The van der Waals surface area contributed by atoms with E-state index in [-0.39, 0.29) is 24.3 Å². The number of hydrogen-bond donors (Lipinski definition) is 1. The lowest BCUT2D eigenvalue weighted by Crippen LogP contribution is -2.57. The first kappa shape index (κ1) is 24.3. The Kier molecular flexibility index (Phi) is 7.56. The SMILES string of the molecule is CCCCNC(=O)CN1CN(c2ccccc2)C2(CCN(C(=O)c3ccccc3Br)CC2)C1=O. The third kappa shape index (κ3) is 4.82. The highest BCUT2D eigenvalue weighted by molar-refractivity contribution is 9.10. The summed E-state index contributed by atoms with van der Waals surface area (Å²) in [6.45, 7) is 4.06. The molecule has 0 radical (unpaired) electrons. The Hall–Kier alpha value is -2.87. The van der Waals surface area contributed by atoms with Crippen LogP contribution in [0, 0.1) is 0 Å². The van der Waals surface area contributed by atoms with Crippen LogP contribution in [0.15, 0.2) is 59.1 Å². The van der Waals surface area contributed by atoms with Gasteiger partial charge in [0.15, 0.2) is 0 Å². The molecule has 0 saturated carbocycles. The normalized spacial score (nSPS) is 17.4. The maximum Gasteiger partial charge on any atom is 0.255 e. The Balaban J connectivity index is 1.52. The van der Waals surface area contributed by atoms with E-state index < -0.39 is 5.54 Å². The average molecular weight is 527 g/mol. The molecule has 180 valence electrons. The van der Waals surface area contributed by atoms with E-state index in [2.05, 4.69) is 33.1 Å². The monoisotopic (exact) mass is 526 g/mol. The van der Waals surface area contributed by atoms with E-state index >= 15 is 0 Å². The maximum absolute atomic E-state index is 13.7. The number of likely N-dealkylation sites (tertiary alicyclic amines) is 1. The van der Waals surface area contributed by atoms with Gasteiger partial charge in [0.05, 0.1) is 12.2 Å². The fourth-order valence-electron chi connectivity index (χ4n) is 4.84. The summed E-state index contributed by atoms with van der Waals surface area (Å²) >= 11 is 3.47. The van der Waals surface area contributed by atoms with Crippen LogP contribution in [0.3, 0.4) is 0 Å². The highest BCUT2D eigenvalue weighted by Gasteiger charge is 2.54. The van der Waals surface area contributed by atoms with Crippen molar-refractivity contribution < 1.29 is 14.4 Å². The van der Waals surface area contributed by atoms with Crippen LogP contribution in [-0.2, 0) is 9.59 Å². The fraction of sp³-hybridized carbons (Fsp3) is 0.423. The number of para-hydroxylation sites is 1. The molecule has 2 heterocycles. The summed E-state index contributed by atoms with van der Waals surface area (Å²) in [4.78, 5) is 44.9. The summed E-state index contributed by atoms with van der Waals surface area (Å²) in [5, 5.41) is 2.91. The lowest BCUT2D eigenvalue weighted by Gasteiger charge is -2.43. The molecule has 0 aliphatic carbocycles. The van der Waals surface area contributed by atoms with Crippen LogP contribution < -0.4 is 10.2 Å². The van der Waals surface area contributed by atoms with Gasteiger partial charge in [-0.15, -0.1) is 0 Å². The molecule has 1 spiro atoms. The molecule has 3 amide bonds. The van der Waals surface area contributed by atoms with Gasteiger partial charge in [0.2, 0.25) is 5.91 Å². The standard InChI is InChI=1S/C26H31BrN4O3/c1-2-3-15-28-23(32)18-30-19-31(20-9-5-4-6-10-20)26(25(30)34)13-16-29(17-14-26)24(33)21-11-7-8-12-22(21)27/h4-12H,2-3,13-19H2,1H3,(H,28,32). The number of amides is 3. The molecule has 2 fully saturated rings. The third-order valence-corrected chi connectivity index (χ3v) is 7.44. The van der Waals surface area contributed by atoms with E-state index in [0.29, 0.717) is 44.7 Å². The number of anilines is 1. The second-order valence-corrected chi connectivity index (χ2v) is 9.77. The highest BCUT2D eigenvalue weighted by Crippen LogP contribution is 2.39. The Morgan fingerprint density at radius 1 is 1.03 bits per heavy atom. The van der Waals surface area contributed by atoms with Gasteiger partial charge in [-0.05, 0) is 59.5 Å². The topological polar surface area (TPSA) is 73.0 Å². The molecular formula is C26H31BrN4O3. The zero-order chi connectivity index (χ0) is 24.1. The number of benzene rings is 2. The lowest BCUT2D eigenvalue weighted by atomic mass is 9.85. The van der Waals surface area contributed by atoms with Crippen molar-refractivity contribution >= 4 is 39.3 Å². The molecule has 0 aromatic heterocycles. The molecule has 34 heavy (non-hydrogen) atoms. The van der Waals surface area contributed by atoms with E-state index in [1.54, 1.807) is 4.90 Å². The van der Waals surface area contributed by atoms with E-state index in [9.17, 15) is 14.4 Å². The van der Waals surface area contributed by atoms with Crippen molar-refractivity contribution in [3.8, 4) is 0 Å². The van der Waals surface area contributed by atoms with Crippen molar-refractivity contribution in [3.05, 3.63) is 64.6 Å². The minimum Gasteiger partial charge on any atom is -0.355 e. The smallest absolute Gasteiger partial charge is 0.255 e. The van der Waals surface area contributed by atoms with Gasteiger partial charge in [0, 0.05) is 29.8 Å². The van der Waals surface area contributed by atoms with Crippen molar-refractivity contribution in [1.82, 2.24) is 15.1 Å². The minimum absolute atomic E-state index is 0.0324. The number of unbranched alkanes of at least 4 members (excludes halogenated alkanes) is 1. The molecule has 2 aliphatic heterocycles. The minimum atomic E-state index is -0.754. The Morgan fingerprint density at radius 2 is 1.71 bits per heavy atom. The summed E-state index contributed by atoms with van der Waals surface area (Å²) in [6, 6.07) is 17.3. The summed E-state index contributed by atoms with van der Waals surface area (Å²) in [6.07, 6.45) is 2.96. The fourth-order valence-corrected chi connectivity index (χ4v) is 5.30. The van der Waals surface area contributed by atoms with E-state index in [0.717, 1.165) is 23.0 Å². The molecule has 8 heteroatoms. The van der Waals surface area contributed by atoms with Crippen molar-refractivity contribution in [3.63, 3.8) is 0 Å². The summed E-state index contributed by atoms with van der Waals surface area (Å²) in [5.74, 6) is -0.199. The van der Waals surface area contributed by atoms with E-state index in [1.807, 2.05) is 59.5 Å². The zero-order valence-corrected chi connectivity index (χ0v) is 21.1. The molecule has 0 unspecified atom stereocenters. The third-order valence-electron chi connectivity index (χ3n) is 6.75. The first-order valence-corrected chi connectivity index (χ1v) is 12.7. The average Bonchev–Trinajstić information content (AvgIpc) is 3.11. The van der Waals surface area contributed by atoms with Crippen LogP contribution in [0.2, 0.25) is 0 Å². The Morgan fingerprint density at radius 3 is 2.38 bits per heavy atom. The molecule has 1 N–H and O–H groups in total. The molecule has 2 aromatic carbocycles. The Bertz CT molecular complexity index is 1040. The molecule has 4 rings (SSSR count). The zero-order valence-electron chi connectivity index (χ0n) is 19.5. The van der Waals surface area contributed by atoms with Crippen LogP contribution in [0.5, 0.6) is 0 Å². The number of carbonyl (C=O) groups is 3. The van der Waals surface area contributed by atoms with Gasteiger partial charge < -0.3 is 20.0 Å². The quantitative estimate of drug-likeness (QED) is 0.559. The van der Waals surface area contributed by atoms with Crippen molar-refractivity contribution in [2.75, 3.05) is 37.7 Å². The molecule has 2 aromatic rings. The predicted molar refractivity (Wildman–Crippen MR) is 135 cm³/mol. The number of hydrogen-bond acceptors (Lipinski definition) is 4. The first-order valence-electron chi connectivity index (χ1n) is 11.9. The van der Waals surface area contributed by atoms with Crippen molar-refractivity contribution in [2.45, 2.75) is 38.1 Å². The van der Waals surface area contributed by atoms with Gasteiger partial charge in [-0.3, -0.25) is 14.4 Å². The lowest BCUT2D eigenvalue weighted by molar-refractivity contribution is -0.137. The number of piperidine rings is 1. The second-order valence-electron chi connectivity index (χ2n) is 8.92. The summed E-state index contributed by atoms with van der Waals surface area (Å²) in [5.41, 5.74) is 0.826. The van der Waals surface area contributed by atoms with Crippen LogP contribution in [-0.4, -0.2) is 65.9 Å². The predicted octanol–water partition coefficient (Wildman–Crippen LogP) is 3.65. The molecule has 0 bridgehead atoms. The van der Waals surface area contributed by atoms with Crippen LogP contribution in [0.4, 0.5) is 5.69 Å². The van der Waals surface area contributed by atoms with Gasteiger partial charge in [-0.25, -0.2) is 0 Å². The molecule has 7 nitrogen and oxygen atoms in total. The van der Waals surface area contributed by atoms with Crippen molar-refractivity contribution in [1.29, 1.82) is 0 Å². The van der Waals surface area contributed by atoms with E-state index in [4.69, 9.17) is 0 Å². The van der Waals surface area contributed by atoms with Crippen LogP contribution >= 0.6 is 15.9 Å². The van der Waals surface area contributed by atoms with Crippen LogP contribution in [0.1, 0.15) is 43.0 Å². The van der Waals surface area contributed by atoms with E-state index in [1.165, 1.54) is 0 Å². The molecule has 0 atom stereocenters. The number of nitrogens with zero attached hydrogens (tertiary/aromatic N) is 3. The maximum atomic E-state index is 13.7. The number of rotatable bonds is 7. The molecule has 2 aliphatic rings. The summed E-state index contributed by atoms with van der Waals surface area (Å²) in [7, 11) is 0. The van der Waals surface area contributed by atoms with Gasteiger partial charge in [0.1, 0.15) is 12.1 Å². The largest absolute Gasteiger partial charge is 0.355 e. The van der Waals surface area contributed by atoms with Crippen molar-refractivity contribution in [2.24, 2.45) is 0 Å². The Labute approximate surface area is 209 Å². The molecule has 2 saturated heterocycles. The number of nitrogens with one attached hydrogen (secondary N) is 1. The highest BCUT2D eigenvalue weighted by atomic mass is 79.9. The van der Waals surface area contributed by atoms with Gasteiger partial charge in [-0.1, -0.05) is 43.7 Å². The number of carbonyl (C=O) groups excluding carboxylic acids is 3. The first-order chi connectivity index (χ1) is 16.5. The van der Waals surface area contributed by atoms with Crippen LogP contribution in [0.25, 0.3) is 0 Å².